The first kappa shape index (κ1) is 32.3. The van der Waals surface area contributed by atoms with Gasteiger partial charge in [-0.3, -0.25) is 4.79 Å². The smallest absolute Gasteiger partial charge is 0.429 e. The Morgan fingerprint density at radius 3 is 2.40 bits per heavy atom. The maximum atomic E-state index is 14.9. The van der Waals surface area contributed by atoms with Crippen molar-refractivity contribution in [3.05, 3.63) is 77.9 Å². The van der Waals surface area contributed by atoms with Crippen molar-refractivity contribution < 1.29 is 32.5 Å². The zero-order valence-corrected chi connectivity index (χ0v) is 26.4. The van der Waals surface area contributed by atoms with Crippen molar-refractivity contribution >= 4 is 11.8 Å². The van der Waals surface area contributed by atoms with E-state index in [4.69, 9.17) is 9.47 Å². The van der Waals surface area contributed by atoms with Crippen molar-refractivity contribution in [2.24, 2.45) is 5.41 Å². The molecule has 2 atom stereocenters. The van der Waals surface area contributed by atoms with Gasteiger partial charge in [-0.2, -0.15) is 23.3 Å². The second-order valence-corrected chi connectivity index (χ2v) is 12.2. The first-order valence-corrected chi connectivity index (χ1v) is 15.6. The van der Waals surface area contributed by atoms with Gasteiger partial charge in [0.2, 0.25) is 12.0 Å². The molecule has 4 aromatic rings. The second-order valence-electron chi connectivity index (χ2n) is 12.2. The molecule has 0 radical (unpaired) electrons. The van der Waals surface area contributed by atoms with E-state index in [2.05, 4.69) is 20.4 Å². The molecule has 10 nitrogen and oxygen atoms in total. The lowest BCUT2D eigenvalue weighted by Crippen LogP contribution is -2.41. The van der Waals surface area contributed by atoms with Crippen molar-refractivity contribution in [3.8, 4) is 28.4 Å². The van der Waals surface area contributed by atoms with Crippen molar-refractivity contribution in [2.75, 3.05) is 31.1 Å². The Bertz CT molecular complexity index is 1730. The highest BCUT2D eigenvalue weighted by atomic mass is 19.4. The monoisotopic (exact) mass is 650 g/mol. The molecule has 2 aromatic carbocycles. The zero-order chi connectivity index (χ0) is 33.3. The quantitative estimate of drug-likeness (QED) is 0.223. The third kappa shape index (κ3) is 7.04. The van der Waals surface area contributed by atoms with Gasteiger partial charge in [-0.1, -0.05) is 24.3 Å². The minimum absolute atomic E-state index is 0.116. The van der Waals surface area contributed by atoms with Gasteiger partial charge < -0.3 is 24.8 Å². The average molecular weight is 651 g/mol. The number of aromatic nitrogens is 4. The van der Waals surface area contributed by atoms with Crippen molar-refractivity contribution in [1.29, 1.82) is 0 Å². The van der Waals surface area contributed by atoms with Gasteiger partial charge in [0.15, 0.2) is 0 Å². The Hall–Kier alpha value is -4.65. The van der Waals surface area contributed by atoms with Gasteiger partial charge in [-0.25, -0.2) is 9.67 Å². The summed E-state index contributed by atoms with van der Waals surface area (Å²) in [6, 6.07) is 14.7. The van der Waals surface area contributed by atoms with Gasteiger partial charge in [0, 0.05) is 37.5 Å². The molecular weight excluding hydrogens is 613 g/mol. The van der Waals surface area contributed by atoms with Gasteiger partial charge in [0.05, 0.1) is 18.0 Å². The number of carboxylic acids is 1. The molecule has 0 saturated carbocycles. The molecular formula is C34H37F3N6O4. The number of carbonyl (C=O) groups is 1. The van der Waals surface area contributed by atoms with Crippen molar-refractivity contribution in [1.82, 2.24) is 25.1 Å². The molecule has 2 fully saturated rings. The third-order valence-corrected chi connectivity index (χ3v) is 8.92. The zero-order valence-electron chi connectivity index (χ0n) is 26.4. The van der Waals surface area contributed by atoms with E-state index in [1.807, 2.05) is 36.1 Å². The van der Waals surface area contributed by atoms with Gasteiger partial charge in [0.1, 0.15) is 23.4 Å². The Kier molecular flexibility index (Phi) is 8.84. The van der Waals surface area contributed by atoms with Crippen molar-refractivity contribution in [3.63, 3.8) is 0 Å². The van der Waals surface area contributed by atoms with Crippen LogP contribution in [0.4, 0.5) is 19.0 Å². The van der Waals surface area contributed by atoms with Crippen LogP contribution in [0.5, 0.6) is 11.6 Å². The number of alkyl halides is 3. The number of hydrogen-bond donors (Lipinski definition) is 2. The normalized spacial score (nSPS) is 18.3. The highest BCUT2D eigenvalue weighted by Crippen LogP contribution is 2.42. The average Bonchev–Trinajstić information content (AvgIpc) is 3.66. The molecule has 248 valence electrons. The molecule has 2 aromatic heterocycles. The predicted octanol–water partition coefficient (Wildman–Crippen LogP) is 6.06. The number of rotatable bonds is 9. The molecule has 2 N–H and O–H groups in total. The molecule has 1 unspecified atom stereocenters. The number of nitrogens with zero attached hydrogens (tertiary/aromatic N) is 5. The summed E-state index contributed by atoms with van der Waals surface area (Å²) in [6.45, 7) is 7.60. The number of benzene rings is 2. The van der Waals surface area contributed by atoms with E-state index in [0.29, 0.717) is 55.5 Å². The lowest BCUT2D eigenvalue weighted by molar-refractivity contribution is -0.198. The number of hydrogen-bond acceptors (Lipinski definition) is 8. The highest BCUT2D eigenvalue weighted by Gasteiger charge is 2.46. The fourth-order valence-electron chi connectivity index (χ4n) is 6.46. The number of nitrogens with one attached hydrogen (secondary N) is 1. The molecule has 2 aliphatic rings. The van der Waals surface area contributed by atoms with Crippen molar-refractivity contribution in [2.45, 2.75) is 58.4 Å². The molecule has 2 saturated heterocycles. The molecule has 47 heavy (non-hydrogen) atoms. The lowest BCUT2D eigenvalue weighted by Gasteiger charge is -2.39. The summed E-state index contributed by atoms with van der Waals surface area (Å²) in [5.41, 5.74) is 2.15. The SMILES string of the molecule is CCOc1ccc(-c2ccc(C(Oc3cc(N4CCC5(CC4)CN[C@H](C(=O)O)C5)nc(C)n3)C(F)(F)F)c(-n3ccc(C)n3)c2)cc1. The molecule has 6 rings (SSSR count). The Morgan fingerprint density at radius 2 is 1.79 bits per heavy atom. The van der Waals surface area contributed by atoms with E-state index in [1.54, 1.807) is 38.2 Å². The fourth-order valence-corrected chi connectivity index (χ4v) is 6.46. The summed E-state index contributed by atoms with van der Waals surface area (Å²) >= 11 is 0. The van der Waals surface area contributed by atoms with Crippen LogP contribution in [0.15, 0.2) is 60.8 Å². The Balaban J connectivity index is 1.29. The molecule has 1 spiro atoms. The van der Waals surface area contributed by atoms with Crippen LogP contribution in [0.3, 0.4) is 0 Å². The van der Waals surface area contributed by atoms with E-state index in [-0.39, 0.29) is 28.4 Å². The number of aryl methyl sites for hydroxylation is 2. The van der Waals surface area contributed by atoms with E-state index < -0.39 is 24.3 Å². The summed E-state index contributed by atoms with van der Waals surface area (Å²) in [5, 5.41) is 16.9. The number of anilines is 1. The summed E-state index contributed by atoms with van der Waals surface area (Å²) in [7, 11) is 0. The molecule has 0 aliphatic carbocycles. The first-order chi connectivity index (χ1) is 22.4. The summed E-state index contributed by atoms with van der Waals surface area (Å²) in [4.78, 5) is 22.2. The third-order valence-electron chi connectivity index (χ3n) is 8.92. The Labute approximate surface area is 270 Å². The van der Waals surface area contributed by atoms with Gasteiger partial charge in [0.25, 0.3) is 0 Å². The van der Waals surface area contributed by atoms with E-state index in [0.717, 1.165) is 18.4 Å². The number of ether oxygens (including phenoxy) is 2. The minimum atomic E-state index is -4.79. The molecule has 2 aliphatic heterocycles. The molecule has 4 heterocycles. The first-order valence-electron chi connectivity index (χ1n) is 15.6. The summed E-state index contributed by atoms with van der Waals surface area (Å²) in [6.07, 6.45) is -3.48. The molecule has 0 bridgehead atoms. The predicted molar refractivity (Wildman–Crippen MR) is 169 cm³/mol. The molecule has 0 amide bonds. The second kappa shape index (κ2) is 12.9. The van der Waals surface area contributed by atoms with Crippen LogP contribution < -0.4 is 19.7 Å². The number of carboxylic acid groups (broad SMARTS) is 1. The summed E-state index contributed by atoms with van der Waals surface area (Å²) < 4.78 is 57.3. The van der Waals surface area contributed by atoms with Crippen LogP contribution in [-0.4, -0.2) is 69.3 Å². The highest BCUT2D eigenvalue weighted by molar-refractivity contribution is 5.74. The number of halogens is 3. The maximum absolute atomic E-state index is 14.9. The van der Waals surface area contributed by atoms with E-state index in [1.165, 1.54) is 16.8 Å². The van der Waals surface area contributed by atoms with Gasteiger partial charge in [-0.05, 0) is 80.8 Å². The van der Waals surface area contributed by atoms with E-state index >= 15 is 0 Å². The number of piperidine rings is 1. The van der Waals surface area contributed by atoms with Crippen LogP contribution in [0.1, 0.15) is 49.4 Å². The maximum Gasteiger partial charge on any atom is 0.429 e. The van der Waals surface area contributed by atoms with Crippen LogP contribution in [0.2, 0.25) is 0 Å². The number of aliphatic carboxylic acids is 1. The molecule has 13 heteroatoms. The van der Waals surface area contributed by atoms with Crippen LogP contribution in [0.25, 0.3) is 16.8 Å². The fraction of sp³-hybridized carbons (Fsp3) is 0.412. The minimum Gasteiger partial charge on any atom is -0.494 e. The summed E-state index contributed by atoms with van der Waals surface area (Å²) in [5.74, 6) is 0.404. The van der Waals surface area contributed by atoms with E-state index in [9.17, 15) is 23.1 Å². The Morgan fingerprint density at radius 1 is 1.06 bits per heavy atom. The topological polar surface area (TPSA) is 115 Å². The largest absolute Gasteiger partial charge is 0.494 e. The van der Waals surface area contributed by atoms with Gasteiger partial charge in [-0.15, -0.1) is 0 Å². The standard InChI is InChI=1S/C34H37F3N6O4/c1-4-46-25-8-5-23(6-9-25)24-7-10-26(28(17-24)43-14-11-21(2)41-43)31(34(35,36)37)47-30-18-29(39-22(3)40-30)42-15-12-33(13-16-42)19-27(32(44)45)38-20-33/h5-11,14,17-18,27,31,38H,4,12-13,15-16,19-20H2,1-3H3,(H,44,45)/t27-,31?/m0/s1. The lowest BCUT2D eigenvalue weighted by atomic mass is 9.76. The van der Waals surface area contributed by atoms with Crippen LogP contribution in [0, 0.1) is 19.3 Å². The van der Waals surface area contributed by atoms with Crippen LogP contribution >= 0.6 is 0 Å². The van der Waals surface area contributed by atoms with Crippen LogP contribution in [-0.2, 0) is 4.79 Å². The van der Waals surface area contributed by atoms with Gasteiger partial charge >= 0.3 is 12.1 Å².